The van der Waals surface area contributed by atoms with E-state index in [0.717, 1.165) is 16.4 Å². The second-order valence-electron chi connectivity index (χ2n) is 6.31. The molecular weight excluding hydrogens is 358 g/mol. The van der Waals surface area contributed by atoms with Crippen molar-refractivity contribution in [2.75, 3.05) is 11.1 Å². The summed E-state index contributed by atoms with van der Waals surface area (Å²) in [6.45, 7) is 5.60. The van der Waals surface area contributed by atoms with Crippen LogP contribution in [0.3, 0.4) is 0 Å². The van der Waals surface area contributed by atoms with Gasteiger partial charge in [-0.25, -0.2) is 4.98 Å². The van der Waals surface area contributed by atoms with Crippen LogP contribution in [0.15, 0.2) is 60.0 Å². The minimum Gasteiger partial charge on any atom is -0.325 e. The van der Waals surface area contributed by atoms with E-state index < -0.39 is 0 Å². The van der Waals surface area contributed by atoms with E-state index in [2.05, 4.69) is 42.3 Å². The maximum absolute atomic E-state index is 12.4. The molecule has 0 fully saturated rings. The molecule has 0 aliphatic heterocycles. The minimum absolute atomic E-state index is 0.0797. The number of benzene rings is 2. The number of carbonyl (C=O) groups is 2. The number of hydrogen-bond acceptors (Lipinski definition) is 4. The van der Waals surface area contributed by atoms with Gasteiger partial charge in [-0.3, -0.25) is 14.2 Å². The second-order valence-corrected chi connectivity index (χ2v) is 7.25. The van der Waals surface area contributed by atoms with Crippen molar-refractivity contribution >= 4 is 29.1 Å². The van der Waals surface area contributed by atoms with Crippen LogP contribution in [-0.4, -0.2) is 27.0 Å². The number of hydrogen-bond donors (Lipinski definition) is 1. The number of aromatic nitrogens is 2. The van der Waals surface area contributed by atoms with E-state index >= 15 is 0 Å². The van der Waals surface area contributed by atoms with Crippen molar-refractivity contribution < 1.29 is 9.59 Å². The van der Waals surface area contributed by atoms with Gasteiger partial charge in [-0.2, -0.15) is 0 Å². The summed E-state index contributed by atoms with van der Waals surface area (Å²) in [6.07, 6.45) is 3.62. The van der Waals surface area contributed by atoms with Crippen molar-refractivity contribution in [2.24, 2.45) is 0 Å². The van der Waals surface area contributed by atoms with Gasteiger partial charge in [-0.05, 0) is 44.5 Å². The lowest BCUT2D eigenvalue weighted by atomic mass is 10.1. The molecular formula is C21H21N3O2S. The molecule has 1 amide bonds. The van der Waals surface area contributed by atoms with E-state index in [1.165, 1.54) is 24.2 Å². The van der Waals surface area contributed by atoms with Crippen LogP contribution < -0.4 is 5.32 Å². The Balaban J connectivity index is 1.71. The van der Waals surface area contributed by atoms with Crippen molar-refractivity contribution in [3.05, 3.63) is 71.5 Å². The Hall–Kier alpha value is -2.86. The lowest BCUT2D eigenvalue weighted by molar-refractivity contribution is -0.113. The zero-order valence-electron chi connectivity index (χ0n) is 15.5. The number of para-hydroxylation sites is 1. The fourth-order valence-electron chi connectivity index (χ4n) is 2.87. The first kappa shape index (κ1) is 18.9. The maximum atomic E-state index is 12.4. The Labute approximate surface area is 162 Å². The molecule has 138 valence electrons. The number of carbonyl (C=O) groups excluding carboxylic acids is 2. The molecule has 0 radical (unpaired) electrons. The smallest absolute Gasteiger partial charge is 0.234 e. The summed E-state index contributed by atoms with van der Waals surface area (Å²) in [7, 11) is 0. The second kappa shape index (κ2) is 8.22. The van der Waals surface area contributed by atoms with Gasteiger partial charge in [-0.1, -0.05) is 41.6 Å². The third-order valence-corrected chi connectivity index (χ3v) is 5.10. The highest BCUT2D eigenvalue weighted by atomic mass is 32.2. The third-order valence-electron chi connectivity index (χ3n) is 4.13. The first-order chi connectivity index (χ1) is 13.0. The average Bonchev–Trinajstić information content (AvgIpc) is 3.08. The van der Waals surface area contributed by atoms with Crippen LogP contribution in [0.4, 0.5) is 5.69 Å². The first-order valence-corrected chi connectivity index (χ1v) is 9.58. The van der Waals surface area contributed by atoms with E-state index in [1.54, 1.807) is 30.5 Å². The quantitative estimate of drug-likeness (QED) is 0.509. The molecule has 0 atom stereocenters. The Morgan fingerprint density at radius 1 is 1.15 bits per heavy atom. The lowest BCUT2D eigenvalue weighted by Crippen LogP contribution is -2.16. The average molecular weight is 379 g/mol. The van der Waals surface area contributed by atoms with E-state index in [0.29, 0.717) is 11.3 Å². The lowest BCUT2D eigenvalue weighted by Gasteiger charge is -2.12. The summed E-state index contributed by atoms with van der Waals surface area (Å²) in [4.78, 5) is 28.4. The summed E-state index contributed by atoms with van der Waals surface area (Å²) < 4.78 is 1.98. The number of amides is 1. The molecule has 0 saturated carbocycles. The molecule has 0 aliphatic rings. The van der Waals surface area contributed by atoms with Crippen molar-refractivity contribution in [3.63, 3.8) is 0 Å². The molecule has 5 nitrogen and oxygen atoms in total. The molecule has 6 heteroatoms. The van der Waals surface area contributed by atoms with Gasteiger partial charge in [0, 0.05) is 18.0 Å². The summed E-state index contributed by atoms with van der Waals surface area (Å²) >= 11 is 1.36. The van der Waals surface area contributed by atoms with Gasteiger partial charge in [0.25, 0.3) is 0 Å². The normalized spacial score (nSPS) is 10.6. The Kier molecular flexibility index (Phi) is 5.76. The van der Waals surface area contributed by atoms with Crippen LogP contribution in [0.1, 0.15) is 28.4 Å². The molecule has 0 unspecified atom stereocenters. The van der Waals surface area contributed by atoms with Crippen molar-refractivity contribution in [1.29, 1.82) is 0 Å². The summed E-state index contributed by atoms with van der Waals surface area (Å²) in [6, 6.07) is 13.2. The van der Waals surface area contributed by atoms with Gasteiger partial charge in [0.05, 0.1) is 17.1 Å². The van der Waals surface area contributed by atoms with Crippen molar-refractivity contribution in [3.8, 4) is 5.69 Å². The highest BCUT2D eigenvalue weighted by molar-refractivity contribution is 7.99. The fraction of sp³-hybridized carbons (Fsp3) is 0.190. The minimum atomic E-state index is -0.177. The van der Waals surface area contributed by atoms with Gasteiger partial charge in [-0.15, -0.1) is 0 Å². The largest absolute Gasteiger partial charge is 0.325 e. The fourth-order valence-corrected chi connectivity index (χ4v) is 3.64. The topological polar surface area (TPSA) is 64.0 Å². The van der Waals surface area contributed by atoms with Crippen LogP contribution in [0.25, 0.3) is 5.69 Å². The number of imidazole rings is 1. The van der Waals surface area contributed by atoms with Gasteiger partial charge in [0.15, 0.2) is 10.9 Å². The number of ketones is 1. The van der Waals surface area contributed by atoms with Gasteiger partial charge >= 0.3 is 0 Å². The predicted molar refractivity (Wildman–Crippen MR) is 109 cm³/mol. The van der Waals surface area contributed by atoms with E-state index in [1.807, 2.05) is 10.8 Å². The van der Waals surface area contributed by atoms with Gasteiger partial charge in [0.1, 0.15) is 0 Å². The predicted octanol–water partition coefficient (Wildman–Crippen LogP) is 4.42. The summed E-state index contributed by atoms with van der Waals surface area (Å²) in [5.41, 5.74) is 4.44. The van der Waals surface area contributed by atoms with Crippen LogP contribution in [-0.2, 0) is 4.79 Å². The van der Waals surface area contributed by atoms with E-state index in [4.69, 9.17) is 0 Å². The number of aryl methyl sites for hydroxylation is 2. The molecule has 0 bridgehead atoms. The molecule has 0 aliphatic carbocycles. The van der Waals surface area contributed by atoms with Crippen LogP contribution >= 0.6 is 11.8 Å². The monoisotopic (exact) mass is 379 g/mol. The third kappa shape index (κ3) is 4.46. The molecule has 1 aromatic heterocycles. The van der Waals surface area contributed by atoms with Crippen molar-refractivity contribution in [2.45, 2.75) is 25.9 Å². The van der Waals surface area contributed by atoms with Crippen molar-refractivity contribution in [1.82, 2.24) is 9.55 Å². The molecule has 3 aromatic rings. The molecule has 27 heavy (non-hydrogen) atoms. The Bertz CT molecular complexity index is 995. The van der Waals surface area contributed by atoms with Gasteiger partial charge < -0.3 is 5.32 Å². The number of anilines is 1. The number of rotatable bonds is 6. The number of nitrogens with one attached hydrogen (secondary N) is 1. The molecule has 1 N–H and O–H groups in total. The molecule has 1 heterocycles. The maximum Gasteiger partial charge on any atom is 0.234 e. The van der Waals surface area contributed by atoms with Gasteiger partial charge in [0.2, 0.25) is 5.91 Å². The zero-order chi connectivity index (χ0) is 19.4. The Morgan fingerprint density at radius 2 is 1.93 bits per heavy atom. The standard InChI is InChI=1S/C21H21N3O2S/c1-14-8-9-19(15(2)12-14)24-11-10-22-21(24)27-13-20(26)23-18-7-5-4-6-17(18)16(3)25/h4-12H,13H2,1-3H3,(H,23,26). The first-order valence-electron chi connectivity index (χ1n) is 8.59. The number of Topliss-reactive ketones (excluding diaryl/α,β-unsaturated/α-hetero) is 1. The Morgan fingerprint density at radius 3 is 2.67 bits per heavy atom. The molecule has 2 aromatic carbocycles. The number of thioether (sulfide) groups is 1. The molecule has 3 rings (SSSR count). The van der Waals surface area contributed by atoms with E-state index in [9.17, 15) is 9.59 Å². The highest BCUT2D eigenvalue weighted by Gasteiger charge is 2.13. The SMILES string of the molecule is CC(=O)c1ccccc1NC(=O)CSc1nccn1-c1ccc(C)cc1C. The summed E-state index contributed by atoms with van der Waals surface area (Å²) in [5, 5.41) is 3.56. The van der Waals surface area contributed by atoms with Crippen LogP contribution in [0, 0.1) is 13.8 Å². The molecule has 0 saturated heterocycles. The highest BCUT2D eigenvalue weighted by Crippen LogP contribution is 2.24. The summed E-state index contributed by atoms with van der Waals surface area (Å²) in [5.74, 6) is -0.0541. The number of nitrogens with zero attached hydrogens (tertiary/aromatic N) is 2. The van der Waals surface area contributed by atoms with Crippen LogP contribution in [0.5, 0.6) is 0 Å². The van der Waals surface area contributed by atoms with Crippen LogP contribution in [0.2, 0.25) is 0 Å². The van der Waals surface area contributed by atoms with E-state index in [-0.39, 0.29) is 17.4 Å². The zero-order valence-corrected chi connectivity index (χ0v) is 16.3. The molecule has 0 spiro atoms.